The molecule has 7 atom stereocenters. The number of nitrogens with two attached hydrogens (primary N) is 1. The molecule has 2 saturated carbocycles. The Morgan fingerprint density at radius 2 is 2.10 bits per heavy atom. The maximum absolute atomic E-state index is 12.3. The third-order valence-electron chi connectivity index (χ3n) is 8.77. The fourth-order valence-corrected chi connectivity index (χ4v) is 7.95. The number of carboxylic acid groups (broad SMARTS) is 1. The lowest BCUT2D eigenvalue weighted by Crippen LogP contribution is -2.65. The van der Waals surface area contributed by atoms with E-state index in [-0.39, 0.29) is 28.7 Å². The van der Waals surface area contributed by atoms with Crippen LogP contribution in [0.2, 0.25) is 0 Å². The number of aliphatic hydroxyl groups is 1. The average molecular weight is 397 g/mol. The monoisotopic (exact) mass is 397 g/mol. The van der Waals surface area contributed by atoms with Gasteiger partial charge in [-0.1, -0.05) is 25.2 Å². The van der Waals surface area contributed by atoms with Crippen LogP contribution in [0, 0.1) is 34.5 Å². The average Bonchev–Trinajstić information content (AvgIpc) is 3.06. The number of carbonyl (C=O) groups excluding carboxylic acids is 1. The van der Waals surface area contributed by atoms with Crippen molar-refractivity contribution in [2.75, 3.05) is 13.6 Å². The van der Waals surface area contributed by atoms with Crippen molar-refractivity contribution in [1.82, 2.24) is 4.90 Å². The highest BCUT2D eigenvalue weighted by atomic mass is 16.4. The van der Waals surface area contributed by atoms with Gasteiger partial charge in [-0.15, -0.1) is 0 Å². The molecule has 5 rings (SSSR count). The number of nitrogens with zero attached hydrogens (tertiary/aromatic N) is 2. The van der Waals surface area contributed by atoms with Gasteiger partial charge >= 0.3 is 5.97 Å². The van der Waals surface area contributed by atoms with Crippen LogP contribution in [0.25, 0.3) is 0 Å². The summed E-state index contributed by atoms with van der Waals surface area (Å²) in [6, 6.07) is 0. The van der Waals surface area contributed by atoms with Crippen molar-refractivity contribution in [3.63, 3.8) is 0 Å². The molecule has 2 fully saturated rings. The smallest absolute Gasteiger partial charge is 0.334 e. The quantitative estimate of drug-likeness (QED) is 0.280. The third kappa shape index (κ3) is 1.77. The van der Waals surface area contributed by atoms with E-state index in [1.54, 1.807) is 7.05 Å². The molecule has 0 aromatic heterocycles. The van der Waals surface area contributed by atoms with Crippen LogP contribution in [0.5, 0.6) is 0 Å². The van der Waals surface area contributed by atoms with Gasteiger partial charge in [-0.25, -0.2) is 4.79 Å². The minimum atomic E-state index is -2.00. The Morgan fingerprint density at radius 1 is 1.34 bits per heavy atom. The molecule has 0 aromatic carbocycles. The molecule has 4 aliphatic carbocycles. The van der Waals surface area contributed by atoms with E-state index in [0.29, 0.717) is 25.2 Å². The SMILES string of the molecule is CN=C(N)N1C=C[C@H]2C=C[C@H]3[C@@]45C(=C(C(=O)O)[C@@]3(O)C=O)C[C@@H](CC[C@H]4C)[C@]25C1. The Hall–Kier alpha value is -2.41. The standard InChI is InChI=1S/C22H27N3O4/c1-12-3-4-14-9-15-17(18(27)28)21(29,11-26)16-6-5-13-7-8-25(19(23)24-2)10-20(13,14)22(12,15)16/h5-8,11-14,16,29H,3-4,9-10H2,1-2H3,(H2,23,24)(H,27,28)/t12-,13-,14-,16-,20+,21-,22+/m1/s1. The molecule has 5 aliphatic rings. The Bertz CT molecular complexity index is 936. The lowest BCUT2D eigenvalue weighted by molar-refractivity contribution is -0.151. The molecule has 2 spiro atoms. The summed E-state index contributed by atoms with van der Waals surface area (Å²) in [6.45, 7) is 2.76. The van der Waals surface area contributed by atoms with Crippen molar-refractivity contribution in [2.24, 2.45) is 45.2 Å². The van der Waals surface area contributed by atoms with Crippen molar-refractivity contribution >= 4 is 18.2 Å². The van der Waals surface area contributed by atoms with Crippen LogP contribution in [0.1, 0.15) is 26.2 Å². The van der Waals surface area contributed by atoms with Gasteiger partial charge in [-0.3, -0.25) is 9.79 Å². The lowest BCUT2D eigenvalue weighted by atomic mass is 9.41. The second kappa shape index (κ2) is 5.59. The van der Waals surface area contributed by atoms with Crippen molar-refractivity contribution in [3.8, 4) is 0 Å². The van der Waals surface area contributed by atoms with Crippen LogP contribution >= 0.6 is 0 Å². The minimum absolute atomic E-state index is 0.0864. The summed E-state index contributed by atoms with van der Waals surface area (Å²) < 4.78 is 0. The molecule has 7 heteroatoms. The second-order valence-corrected chi connectivity index (χ2v) is 9.33. The van der Waals surface area contributed by atoms with Gasteiger partial charge in [0.05, 0.1) is 5.57 Å². The molecule has 0 radical (unpaired) electrons. The summed E-state index contributed by atoms with van der Waals surface area (Å²) in [5, 5.41) is 21.5. The molecule has 0 aromatic rings. The fourth-order valence-electron chi connectivity index (χ4n) is 7.95. The van der Waals surface area contributed by atoms with Crippen LogP contribution < -0.4 is 5.73 Å². The molecule has 2 bridgehead atoms. The number of guanidine groups is 1. The lowest BCUT2D eigenvalue weighted by Gasteiger charge is -2.64. The van der Waals surface area contributed by atoms with Crippen LogP contribution in [0.4, 0.5) is 0 Å². The van der Waals surface area contributed by atoms with Crippen LogP contribution in [0.15, 0.2) is 40.6 Å². The van der Waals surface area contributed by atoms with E-state index in [1.807, 2.05) is 17.2 Å². The molecule has 0 unspecified atom stereocenters. The van der Waals surface area contributed by atoms with Crippen molar-refractivity contribution in [2.45, 2.75) is 31.8 Å². The highest BCUT2D eigenvalue weighted by molar-refractivity contribution is 5.98. The zero-order valence-corrected chi connectivity index (χ0v) is 16.7. The van der Waals surface area contributed by atoms with Crippen LogP contribution in [-0.4, -0.2) is 52.5 Å². The zero-order chi connectivity index (χ0) is 20.8. The topological polar surface area (TPSA) is 116 Å². The van der Waals surface area contributed by atoms with Crippen LogP contribution in [-0.2, 0) is 9.59 Å². The first kappa shape index (κ1) is 18.6. The summed E-state index contributed by atoms with van der Waals surface area (Å²) in [5.74, 6) is -0.816. The van der Waals surface area contributed by atoms with Gasteiger partial charge in [0.1, 0.15) is 0 Å². The number of hydrogen-bond donors (Lipinski definition) is 3. The minimum Gasteiger partial charge on any atom is -0.478 e. The molecule has 1 heterocycles. The summed E-state index contributed by atoms with van der Waals surface area (Å²) in [4.78, 5) is 30.6. The Labute approximate surface area is 169 Å². The Kier molecular flexibility index (Phi) is 3.59. The first-order valence-corrected chi connectivity index (χ1v) is 10.3. The van der Waals surface area contributed by atoms with E-state index >= 15 is 0 Å². The number of aliphatic carboxylic acids is 1. The number of rotatable bonds is 2. The molecule has 29 heavy (non-hydrogen) atoms. The van der Waals surface area contributed by atoms with E-state index in [0.717, 1.165) is 18.4 Å². The van der Waals surface area contributed by atoms with Gasteiger partial charge in [0.25, 0.3) is 0 Å². The van der Waals surface area contributed by atoms with Gasteiger partial charge < -0.3 is 20.8 Å². The van der Waals surface area contributed by atoms with Crippen molar-refractivity contribution < 1.29 is 19.8 Å². The predicted octanol–water partition coefficient (Wildman–Crippen LogP) is 1.31. The molecule has 1 aliphatic heterocycles. The highest BCUT2D eigenvalue weighted by Gasteiger charge is 2.79. The number of carboxylic acids is 1. The van der Waals surface area contributed by atoms with Crippen LogP contribution in [0.3, 0.4) is 0 Å². The maximum Gasteiger partial charge on any atom is 0.334 e. The number of hydrogen-bond acceptors (Lipinski definition) is 4. The Balaban J connectivity index is 1.84. The molecular weight excluding hydrogens is 370 g/mol. The third-order valence-corrected chi connectivity index (χ3v) is 8.77. The maximum atomic E-state index is 12.3. The van der Waals surface area contributed by atoms with E-state index in [9.17, 15) is 19.8 Å². The second-order valence-electron chi connectivity index (χ2n) is 9.33. The summed E-state index contributed by atoms with van der Waals surface area (Å²) in [7, 11) is 1.65. The predicted molar refractivity (Wildman–Crippen MR) is 107 cm³/mol. The summed E-state index contributed by atoms with van der Waals surface area (Å²) in [5.41, 5.74) is 3.98. The van der Waals surface area contributed by atoms with Gasteiger partial charge in [0.2, 0.25) is 0 Å². The first-order valence-electron chi connectivity index (χ1n) is 10.3. The first-order chi connectivity index (χ1) is 13.8. The number of allylic oxidation sites excluding steroid dienone is 3. The molecule has 0 saturated heterocycles. The zero-order valence-electron chi connectivity index (χ0n) is 16.7. The van der Waals surface area contributed by atoms with E-state index in [1.165, 1.54) is 0 Å². The molecular formula is C22H27N3O4. The molecule has 7 nitrogen and oxygen atoms in total. The van der Waals surface area contributed by atoms with E-state index in [4.69, 9.17) is 5.73 Å². The normalized spacial score (nSPS) is 47.3. The highest BCUT2D eigenvalue weighted by Crippen LogP contribution is 2.80. The fraction of sp³-hybridized carbons (Fsp3) is 0.591. The molecule has 4 N–H and O–H groups in total. The number of aliphatic imine (C=N–C) groups is 1. The number of carbonyl (C=O) groups is 2. The largest absolute Gasteiger partial charge is 0.478 e. The van der Waals surface area contributed by atoms with Gasteiger partial charge in [0, 0.05) is 42.5 Å². The van der Waals surface area contributed by atoms with Crippen molar-refractivity contribution in [3.05, 3.63) is 35.6 Å². The number of aldehydes is 1. The van der Waals surface area contributed by atoms with E-state index < -0.39 is 22.9 Å². The molecule has 0 amide bonds. The molecule has 154 valence electrons. The van der Waals surface area contributed by atoms with Gasteiger partial charge in [-0.2, -0.15) is 0 Å². The van der Waals surface area contributed by atoms with Gasteiger partial charge in [-0.05, 0) is 36.7 Å². The summed E-state index contributed by atoms with van der Waals surface area (Å²) in [6.07, 6.45) is 11.1. The van der Waals surface area contributed by atoms with Crippen molar-refractivity contribution in [1.29, 1.82) is 0 Å². The van der Waals surface area contributed by atoms with Gasteiger partial charge in [0.15, 0.2) is 17.8 Å². The van der Waals surface area contributed by atoms with E-state index in [2.05, 4.69) is 24.1 Å². The summed E-state index contributed by atoms with van der Waals surface area (Å²) >= 11 is 0. The Morgan fingerprint density at radius 3 is 2.76 bits per heavy atom.